The summed E-state index contributed by atoms with van der Waals surface area (Å²) in [6, 6.07) is 15.6. The normalized spacial score (nSPS) is 15.8. The highest BCUT2D eigenvalue weighted by molar-refractivity contribution is 5.89. The Labute approximate surface area is 181 Å². The number of amides is 2. The molecule has 2 amide bonds. The molecule has 3 aromatic rings. The Kier molecular flexibility index (Phi) is 5.45. The van der Waals surface area contributed by atoms with Crippen LogP contribution in [0.1, 0.15) is 0 Å². The number of hydrogen-bond acceptors (Lipinski definition) is 5. The number of anilines is 1. The van der Waals surface area contributed by atoms with Crippen LogP contribution in [0, 0.1) is 0 Å². The number of ether oxygens (including phenoxy) is 2. The SMILES string of the molecule is O=C(Nc1ccc2c(c1)OCO2)N1CCN(CCn2ccnc2-c2ccccc2)CC1. The largest absolute Gasteiger partial charge is 0.454 e. The number of benzene rings is 2. The van der Waals surface area contributed by atoms with E-state index in [2.05, 4.69) is 31.9 Å². The van der Waals surface area contributed by atoms with Gasteiger partial charge in [-0.05, 0) is 12.1 Å². The number of piperazine rings is 1. The third-order valence-corrected chi connectivity index (χ3v) is 5.69. The monoisotopic (exact) mass is 419 g/mol. The summed E-state index contributed by atoms with van der Waals surface area (Å²) in [6.07, 6.45) is 3.87. The van der Waals surface area contributed by atoms with Crippen LogP contribution in [0.5, 0.6) is 11.5 Å². The lowest BCUT2D eigenvalue weighted by atomic mass is 10.2. The fraction of sp³-hybridized carbons (Fsp3) is 0.304. The Balaban J connectivity index is 1.11. The van der Waals surface area contributed by atoms with Crippen LogP contribution in [0.25, 0.3) is 11.4 Å². The number of imidazole rings is 1. The van der Waals surface area contributed by atoms with Gasteiger partial charge in [-0.2, -0.15) is 0 Å². The topological polar surface area (TPSA) is 71.9 Å². The lowest BCUT2D eigenvalue weighted by Gasteiger charge is -2.34. The average Bonchev–Trinajstić information content (AvgIpc) is 3.47. The molecular formula is C23H25N5O3. The Morgan fingerprint density at radius 2 is 1.77 bits per heavy atom. The van der Waals surface area contributed by atoms with Gasteiger partial charge in [0, 0.05) is 69.0 Å². The Morgan fingerprint density at radius 1 is 0.968 bits per heavy atom. The number of rotatable bonds is 5. The van der Waals surface area contributed by atoms with Crippen molar-refractivity contribution >= 4 is 11.7 Å². The van der Waals surface area contributed by atoms with Gasteiger partial charge in [0.15, 0.2) is 11.5 Å². The molecule has 0 spiro atoms. The lowest BCUT2D eigenvalue weighted by molar-refractivity contribution is 0.144. The Bertz CT molecular complexity index is 1040. The average molecular weight is 419 g/mol. The van der Waals surface area contributed by atoms with Gasteiger partial charge in [-0.15, -0.1) is 0 Å². The van der Waals surface area contributed by atoms with Crippen molar-refractivity contribution < 1.29 is 14.3 Å². The van der Waals surface area contributed by atoms with Gasteiger partial charge in [-0.25, -0.2) is 9.78 Å². The number of carbonyl (C=O) groups is 1. The second-order valence-corrected chi connectivity index (χ2v) is 7.64. The summed E-state index contributed by atoms with van der Waals surface area (Å²) in [5.41, 5.74) is 1.84. The van der Waals surface area contributed by atoms with Crippen LogP contribution in [-0.2, 0) is 6.54 Å². The van der Waals surface area contributed by atoms with E-state index in [1.54, 1.807) is 6.07 Å². The van der Waals surface area contributed by atoms with Crippen molar-refractivity contribution in [1.29, 1.82) is 0 Å². The lowest BCUT2D eigenvalue weighted by Crippen LogP contribution is -2.50. The zero-order chi connectivity index (χ0) is 21.0. The number of urea groups is 1. The first-order valence-electron chi connectivity index (χ1n) is 10.5. The van der Waals surface area contributed by atoms with E-state index >= 15 is 0 Å². The first-order valence-corrected chi connectivity index (χ1v) is 10.5. The summed E-state index contributed by atoms with van der Waals surface area (Å²) in [7, 11) is 0. The Morgan fingerprint density at radius 3 is 2.61 bits per heavy atom. The molecule has 5 rings (SSSR count). The second kappa shape index (κ2) is 8.69. The highest BCUT2D eigenvalue weighted by Gasteiger charge is 2.22. The molecule has 0 bridgehead atoms. The highest BCUT2D eigenvalue weighted by Crippen LogP contribution is 2.34. The van der Waals surface area contributed by atoms with Crippen molar-refractivity contribution in [3.05, 3.63) is 60.9 Å². The predicted molar refractivity (Wildman–Crippen MR) is 117 cm³/mol. The van der Waals surface area contributed by atoms with E-state index in [-0.39, 0.29) is 12.8 Å². The minimum absolute atomic E-state index is 0.0838. The van der Waals surface area contributed by atoms with Crippen molar-refractivity contribution in [3.8, 4) is 22.9 Å². The molecule has 2 aliphatic heterocycles. The van der Waals surface area contributed by atoms with Crippen LogP contribution in [0.3, 0.4) is 0 Å². The molecule has 1 N–H and O–H groups in total. The van der Waals surface area contributed by atoms with Crippen molar-refractivity contribution in [1.82, 2.24) is 19.4 Å². The van der Waals surface area contributed by atoms with Crippen LogP contribution in [-0.4, -0.2) is 64.9 Å². The summed E-state index contributed by atoms with van der Waals surface area (Å²) in [4.78, 5) is 21.4. The molecule has 2 aliphatic rings. The number of aromatic nitrogens is 2. The van der Waals surface area contributed by atoms with E-state index in [1.165, 1.54) is 0 Å². The molecular weight excluding hydrogens is 394 g/mol. The maximum absolute atomic E-state index is 12.6. The molecule has 0 radical (unpaired) electrons. The van der Waals surface area contributed by atoms with Crippen LogP contribution >= 0.6 is 0 Å². The molecule has 8 heteroatoms. The van der Waals surface area contributed by atoms with E-state index in [9.17, 15) is 4.79 Å². The third-order valence-electron chi connectivity index (χ3n) is 5.69. The van der Waals surface area contributed by atoms with Crippen LogP contribution in [0.2, 0.25) is 0 Å². The zero-order valence-electron chi connectivity index (χ0n) is 17.2. The van der Waals surface area contributed by atoms with Gasteiger partial charge < -0.3 is 24.3 Å². The molecule has 1 fully saturated rings. The summed E-state index contributed by atoms with van der Waals surface area (Å²) >= 11 is 0. The molecule has 8 nitrogen and oxygen atoms in total. The highest BCUT2D eigenvalue weighted by atomic mass is 16.7. The predicted octanol–water partition coefficient (Wildman–Crippen LogP) is 3.13. The van der Waals surface area contributed by atoms with Gasteiger partial charge in [-0.3, -0.25) is 4.90 Å². The summed E-state index contributed by atoms with van der Waals surface area (Å²) in [6.45, 7) is 5.12. The number of nitrogens with zero attached hydrogens (tertiary/aromatic N) is 4. The number of carbonyl (C=O) groups excluding carboxylic acids is 1. The molecule has 0 aliphatic carbocycles. The molecule has 1 aromatic heterocycles. The van der Waals surface area contributed by atoms with E-state index in [0.29, 0.717) is 30.3 Å². The van der Waals surface area contributed by atoms with Crippen LogP contribution in [0.15, 0.2) is 60.9 Å². The van der Waals surface area contributed by atoms with E-state index in [1.807, 2.05) is 47.6 Å². The second-order valence-electron chi connectivity index (χ2n) is 7.64. The van der Waals surface area contributed by atoms with Crippen LogP contribution < -0.4 is 14.8 Å². The minimum Gasteiger partial charge on any atom is -0.454 e. The molecule has 0 unspecified atom stereocenters. The first kappa shape index (κ1) is 19.4. The zero-order valence-corrected chi connectivity index (χ0v) is 17.2. The van der Waals surface area contributed by atoms with E-state index in [0.717, 1.165) is 37.6 Å². The molecule has 3 heterocycles. The number of hydrogen-bond donors (Lipinski definition) is 1. The molecule has 0 saturated carbocycles. The van der Waals surface area contributed by atoms with Crippen LogP contribution in [0.4, 0.5) is 10.5 Å². The summed E-state index contributed by atoms with van der Waals surface area (Å²) < 4.78 is 12.9. The number of fused-ring (bicyclic) bond motifs is 1. The molecule has 31 heavy (non-hydrogen) atoms. The number of nitrogens with one attached hydrogen (secondary N) is 1. The van der Waals surface area contributed by atoms with Gasteiger partial charge in [-0.1, -0.05) is 30.3 Å². The molecule has 0 atom stereocenters. The molecule has 1 saturated heterocycles. The fourth-order valence-corrected chi connectivity index (χ4v) is 3.94. The van der Waals surface area contributed by atoms with Gasteiger partial charge in [0.25, 0.3) is 0 Å². The maximum atomic E-state index is 12.6. The molecule has 160 valence electrons. The molecule has 2 aromatic carbocycles. The quantitative estimate of drug-likeness (QED) is 0.688. The third kappa shape index (κ3) is 4.34. The smallest absolute Gasteiger partial charge is 0.321 e. The Hall–Kier alpha value is -3.52. The van der Waals surface area contributed by atoms with Gasteiger partial charge in [0.2, 0.25) is 6.79 Å². The fourth-order valence-electron chi connectivity index (χ4n) is 3.94. The standard InChI is InChI=1S/C23H25N5O3/c29-23(25-19-6-7-20-21(16-19)31-17-30-20)28-14-11-26(12-15-28)10-13-27-9-8-24-22(27)18-4-2-1-3-5-18/h1-9,16H,10-15,17H2,(H,25,29). The van der Waals surface area contributed by atoms with Gasteiger partial charge >= 0.3 is 6.03 Å². The summed E-state index contributed by atoms with van der Waals surface area (Å²) in [5.74, 6) is 2.36. The van der Waals surface area contributed by atoms with Crippen molar-refractivity contribution in [2.75, 3.05) is 44.8 Å². The maximum Gasteiger partial charge on any atom is 0.321 e. The van der Waals surface area contributed by atoms with E-state index in [4.69, 9.17) is 9.47 Å². The van der Waals surface area contributed by atoms with Crippen molar-refractivity contribution in [2.24, 2.45) is 0 Å². The van der Waals surface area contributed by atoms with Crippen molar-refractivity contribution in [3.63, 3.8) is 0 Å². The van der Waals surface area contributed by atoms with Crippen molar-refractivity contribution in [2.45, 2.75) is 6.54 Å². The van der Waals surface area contributed by atoms with Gasteiger partial charge in [0.05, 0.1) is 0 Å². The van der Waals surface area contributed by atoms with E-state index < -0.39 is 0 Å². The van der Waals surface area contributed by atoms with Gasteiger partial charge in [0.1, 0.15) is 5.82 Å². The first-order chi connectivity index (χ1) is 15.3. The summed E-state index contributed by atoms with van der Waals surface area (Å²) in [5, 5.41) is 2.96. The minimum atomic E-state index is -0.0838.